The quantitative estimate of drug-likeness (QED) is 0.397. The number of thiophene rings is 1. The van der Waals surface area contributed by atoms with Crippen LogP contribution in [0.4, 0.5) is 13.2 Å². The van der Waals surface area contributed by atoms with Crippen LogP contribution in [0.15, 0.2) is 42.5 Å². The van der Waals surface area contributed by atoms with Gasteiger partial charge in [-0.25, -0.2) is 5.10 Å². The van der Waals surface area contributed by atoms with Crippen LogP contribution in [0, 0.1) is 11.3 Å². The van der Waals surface area contributed by atoms with Crippen molar-refractivity contribution in [1.29, 1.82) is 5.26 Å². The Kier molecular flexibility index (Phi) is 4.98. The third kappa shape index (κ3) is 4.39. The van der Waals surface area contributed by atoms with Crippen LogP contribution in [0.2, 0.25) is 0 Å². The van der Waals surface area contributed by atoms with Gasteiger partial charge in [0.15, 0.2) is 5.69 Å². The molecule has 0 amide bonds. The molecule has 1 N–H and O–H groups in total. The number of halogens is 3. The Morgan fingerprint density at radius 3 is 2.45 bits per heavy atom. The highest BCUT2D eigenvalue weighted by Gasteiger charge is 2.31. The summed E-state index contributed by atoms with van der Waals surface area (Å²) < 4.78 is 42.5. The summed E-state index contributed by atoms with van der Waals surface area (Å²) in [5.41, 5.74) is 3.20. The Morgan fingerprint density at radius 1 is 1.03 bits per heavy atom. The zero-order valence-electron chi connectivity index (χ0n) is 16.8. The van der Waals surface area contributed by atoms with Crippen LogP contribution in [0.25, 0.3) is 31.8 Å². The van der Waals surface area contributed by atoms with E-state index >= 15 is 0 Å². The number of alkyl halides is 3. The Hall–Kier alpha value is -3.38. The highest BCUT2D eigenvalue weighted by molar-refractivity contribution is 7.22. The lowest BCUT2D eigenvalue weighted by Crippen LogP contribution is -2.16. The number of ether oxygens (including phenoxy) is 1. The molecule has 5 nitrogen and oxygen atoms in total. The summed E-state index contributed by atoms with van der Waals surface area (Å²) in [5, 5.41) is 20.4. The number of nitrogens with zero attached hydrogens (tertiary/aromatic N) is 3. The molecular weight excluding hydrogens is 425 g/mol. The van der Waals surface area contributed by atoms with Gasteiger partial charge in [0.2, 0.25) is 0 Å². The number of hydrogen-bond acceptors (Lipinski definition) is 5. The van der Waals surface area contributed by atoms with E-state index in [2.05, 4.69) is 47.0 Å². The molecular formula is C22H17F3N4OS. The largest absolute Gasteiger partial charge is 0.573 e. The number of nitriles is 1. The van der Waals surface area contributed by atoms with Crippen molar-refractivity contribution in [2.45, 2.75) is 32.5 Å². The molecule has 0 saturated heterocycles. The van der Waals surface area contributed by atoms with Crippen molar-refractivity contribution in [1.82, 2.24) is 15.4 Å². The number of aromatic nitrogens is 3. The maximum absolute atomic E-state index is 12.6. The topological polar surface area (TPSA) is 74.6 Å². The van der Waals surface area contributed by atoms with E-state index < -0.39 is 6.36 Å². The zero-order chi connectivity index (χ0) is 22.4. The van der Waals surface area contributed by atoms with Gasteiger partial charge >= 0.3 is 6.36 Å². The van der Waals surface area contributed by atoms with E-state index in [1.165, 1.54) is 23.5 Å². The van der Waals surface area contributed by atoms with Gasteiger partial charge in [-0.15, -0.1) is 29.6 Å². The molecule has 0 aliphatic heterocycles. The van der Waals surface area contributed by atoms with E-state index in [4.69, 9.17) is 0 Å². The lowest BCUT2D eigenvalue weighted by Gasteiger charge is -2.21. The number of benzene rings is 2. The zero-order valence-corrected chi connectivity index (χ0v) is 17.6. The molecule has 31 heavy (non-hydrogen) atoms. The first-order valence-corrected chi connectivity index (χ1v) is 10.1. The van der Waals surface area contributed by atoms with Crippen LogP contribution in [-0.4, -0.2) is 21.8 Å². The third-order valence-corrected chi connectivity index (χ3v) is 5.90. The van der Waals surface area contributed by atoms with E-state index in [0.29, 0.717) is 11.1 Å². The fourth-order valence-electron chi connectivity index (χ4n) is 3.21. The van der Waals surface area contributed by atoms with Crippen molar-refractivity contribution >= 4 is 21.4 Å². The first kappa shape index (κ1) is 20.9. The molecule has 0 fully saturated rings. The van der Waals surface area contributed by atoms with Crippen LogP contribution in [-0.2, 0) is 5.41 Å². The Labute approximate surface area is 180 Å². The molecule has 0 spiro atoms. The van der Waals surface area contributed by atoms with Gasteiger partial charge in [-0.3, -0.25) is 0 Å². The Bertz CT molecular complexity index is 1310. The normalized spacial score (nSPS) is 12.2. The molecule has 0 atom stereocenters. The van der Waals surface area contributed by atoms with Gasteiger partial charge in [-0.1, -0.05) is 26.0 Å². The van der Waals surface area contributed by atoms with E-state index in [0.717, 1.165) is 26.3 Å². The van der Waals surface area contributed by atoms with Gasteiger partial charge in [0, 0.05) is 15.1 Å². The Morgan fingerprint density at radius 2 is 1.77 bits per heavy atom. The van der Waals surface area contributed by atoms with Crippen molar-refractivity contribution in [2.24, 2.45) is 0 Å². The number of fused-ring (bicyclic) bond motifs is 1. The SMILES string of the molecule is CC(C)(C)c1cc(-c2cc3cc(OC(F)(F)F)ccc3s2)cc(-c2nn[nH]c2C#N)c1. The van der Waals surface area contributed by atoms with E-state index in [-0.39, 0.29) is 16.9 Å². The van der Waals surface area contributed by atoms with Crippen LogP contribution >= 0.6 is 11.3 Å². The summed E-state index contributed by atoms with van der Waals surface area (Å²) in [4.78, 5) is 0.883. The predicted octanol–water partition coefficient (Wildman–Crippen LogP) is 6.42. The summed E-state index contributed by atoms with van der Waals surface area (Å²) in [6.07, 6.45) is -4.74. The number of H-pyrrole nitrogens is 1. The van der Waals surface area contributed by atoms with E-state index in [1.54, 1.807) is 6.07 Å². The van der Waals surface area contributed by atoms with Gasteiger partial charge in [0.25, 0.3) is 0 Å². The monoisotopic (exact) mass is 442 g/mol. The second-order valence-electron chi connectivity index (χ2n) is 8.05. The van der Waals surface area contributed by atoms with Crippen LogP contribution in [0.3, 0.4) is 0 Å². The van der Waals surface area contributed by atoms with Crippen molar-refractivity contribution in [3.63, 3.8) is 0 Å². The molecule has 158 valence electrons. The fraction of sp³-hybridized carbons (Fsp3) is 0.227. The van der Waals surface area contributed by atoms with E-state index in [9.17, 15) is 18.4 Å². The van der Waals surface area contributed by atoms with Crippen molar-refractivity contribution in [3.05, 3.63) is 53.7 Å². The van der Waals surface area contributed by atoms with Crippen LogP contribution in [0.5, 0.6) is 5.75 Å². The maximum Gasteiger partial charge on any atom is 0.573 e. The summed E-state index contributed by atoms with van der Waals surface area (Å²) in [6, 6.07) is 14.1. The predicted molar refractivity (Wildman–Crippen MR) is 113 cm³/mol. The molecule has 0 aliphatic rings. The van der Waals surface area contributed by atoms with Crippen LogP contribution < -0.4 is 4.74 Å². The van der Waals surface area contributed by atoms with Gasteiger partial charge in [0.05, 0.1) is 0 Å². The molecule has 0 aliphatic carbocycles. The summed E-state index contributed by atoms with van der Waals surface area (Å²) in [5.74, 6) is -0.255. The third-order valence-electron chi connectivity index (χ3n) is 4.74. The minimum atomic E-state index is -4.74. The summed E-state index contributed by atoms with van der Waals surface area (Å²) in [6.45, 7) is 6.24. The number of nitrogens with one attached hydrogen (secondary N) is 1. The van der Waals surface area contributed by atoms with Gasteiger partial charge < -0.3 is 4.74 Å². The molecule has 0 bridgehead atoms. The van der Waals surface area contributed by atoms with Gasteiger partial charge in [-0.2, -0.15) is 5.26 Å². The lowest BCUT2D eigenvalue weighted by atomic mass is 9.84. The summed E-state index contributed by atoms with van der Waals surface area (Å²) >= 11 is 1.47. The van der Waals surface area contributed by atoms with Gasteiger partial charge in [-0.05, 0) is 64.4 Å². The van der Waals surface area contributed by atoms with Crippen molar-refractivity contribution in [3.8, 4) is 33.5 Å². The molecule has 0 radical (unpaired) electrons. The fourth-order valence-corrected chi connectivity index (χ4v) is 4.24. The average Bonchev–Trinajstić information content (AvgIpc) is 3.32. The van der Waals surface area contributed by atoms with Crippen LogP contribution in [0.1, 0.15) is 32.0 Å². The molecule has 2 aromatic heterocycles. The van der Waals surface area contributed by atoms with Crippen molar-refractivity contribution < 1.29 is 17.9 Å². The lowest BCUT2D eigenvalue weighted by molar-refractivity contribution is -0.274. The molecule has 9 heteroatoms. The molecule has 2 aromatic carbocycles. The maximum atomic E-state index is 12.6. The van der Waals surface area contributed by atoms with Gasteiger partial charge in [0.1, 0.15) is 17.5 Å². The highest BCUT2D eigenvalue weighted by Crippen LogP contribution is 2.39. The number of aromatic amines is 1. The standard InChI is InChI=1S/C22H17F3N4OS/c1-21(2,3)15-7-12(6-14(8-15)20-17(11-26)27-29-28-20)19-10-13-9-16(30-22(23,24)25)4-5-18(13)31-19/h4-10H,1-3H3,(H,27,28,29). The minimum absolute atomic E-state index is 0.175. The smallest absolute Gasteiger partial charge is 0.406 e. The average molecular weight is 442 g/mol. The molecule has 0 saturated carbocycles. The number of rotatable bonds is 3. The minimum Gasteiger partial charge on any atom is -0.406 e. The molecule has 0 unspecified atom stereocenters. The Balaban J connectivity index is 1.84. The van der Waals surface area contributed by atoms with Crippen molar-refractivity contribution in [2.75, 3.05) is 0 Å². The molecule has 2 heterocycles. The second kappa shape index (κ2) is 7.39. The summed E-state index contributed by atoms with van der Waals surface area (Å²) in [7, 11) is 0. The number of hydrogen-bond donors (Lipinski definition) is 1. The molecule has 4 rings (SSSR count). The molecule has 4 aromatic rings. The first-order valence-electron chi connectivity index (χ1n) is 9.30. The first-order chi connectivity index (χ1) is 14.5. The second-order valence-corrected chi connectivity index (χ2v) is 9.14. The van der Waals surface area contributed by atoms with E-state index in [1.807, 2.05) is 24.3 Å². The highest BCUT2D eigenvalue weighted by atomic mass is 32.1.